The van der Waals surface area contributed by atoms with E-state index in [4.69, 9.17) is 0 Å². The van der Waals surface area contributed by atoms with Gasteiger partial charge in [0.05, 0.1) is 5.84 Å². The van der Waals surface area contributed by atoms with Crippen molar-refractivity contribution < 1.29 is 0 Å². The Labute approximate surface area is 70.3 Å². The minimum Gasteiger partial charge on any atom is -0.364 e. The monoisotopic (exact) mass is 156 g/mol. The van der Waals surface area contributed by atoms with Crippen molar-refractivity contribution in [2.45, 2.75) is 33.6 Å². The highest BCUT2D eigenvalue weighted by Crippen LogP contribution is 1.90. The van der Waals surface area contributed by atoms with E-state index in [1.807, 2.05) is 0 Å². The molecule has 0 aromatic heterocycles. The predicted octanol–water partition coefficient (Wildman–Crippen LogP) is 2.16. The van der Waals surface area contributed by atoms with E-state index < -0.39 is 0 Å². The summed E-state index contributed by atoms with van der Waals surface area (Å²) >= 11 is 0. The molecule has 0 bridgehead atoms. The summed E-state index contributed by atoms with van der Waals surface area (Å²) in [5.41, 5.74) is 0. The first kappa shape index (κ1) is 10.5. The van der Waals surface area contributed by atoms with Crippen molar-refractivity contribution in [3.05, 3.63) is 0 Å². The summed E-state index contributed by atoms with van der Waals surface area (Å²) in [6.07, 6.45) is 2.33. The standard InChI is InChI=1S/C9H20N2/c1-5-7-10-9(3)11(4)8-6-2/h5-8H2,1-4H3. The van der Waals surface area contributed by atoms with Gasteiger partial charge in [-0.2, -0.15) is 0 Å². The summed E-state index contributed by atoms with van der Waals surface area (Å²) in [6.45, 7) is 8.48. The fourth-order valence-electron chi connectivity index (χ4n) is 0.892. The lowest BCUT2D eigenvalue weighted by atomic mass is 10.4. The van der Waals surface area contributed by atoms with Crippen LogP contribution in [-0.2, 0) is 0 Å². The summed E-state index contributed by atoms with van der Waals surface area (Å²) in [4.78, 5) is 6.61. The lowest BCUT2D eigenvalue weighted by molar-refractivity contribution is 0.495. The topological polar surface area (TPSA) is 15.6 Å². The minimum atomic E-state index is 0.958. The number of hydrogen-bond acceptors (Lipinski definition) is 1. The van der Waals surface area contributed by atoms with Crippen LogP contribution >= 0.6 is 0 Å². The maximum absolute atomic E-state index is 4.40. The molecule has 0 radical (unpaired) electrons. The molecule has 11 heavy (non-hydrogen) atoms. The second-order valence-electron chi connectivity index (χ2n) is 2.85. The molecule has 2 heteroatoms. The molecular formula is C9H20N2. The molecule has 66 valence electrons. The van der Waals surface area contributed by atoms with Gasteiger partial charge < -0.3 is 4.90 Å². The summed E-state index contributed by atoms with van der Waals surface area (Å²) < 4.78 is 0. The van der Waals surface area contributed by atoms with Gasteiger partial charge in [-0.15, -0.1) is 0 Å². The summed E-state index contributed by atoms with van der Waals surface area (Å²) in [5.74, 6) is 1.16. The molecule has 0 heterocycles. The highest BCUT2D eigenvalue weighted by molar-refractivity contribution is 5.79. The Bertz CT molecular complexity index is 119. The average molecular weight is 156 g/mol. The van der Waals surface area contributed by atoms with Crippen molar-refractivity contribution in [2.75, 3.05) is 20.1 Å². The zero-order chi connectivity index (χ0) is 8.69. The number of aliphatic imine (C=N–C) groups is 1. The van der Waals surface area contributed by atoms with E-state index in [1.165, 1.54) is 6.42 Å². The van der Waals surface area contributed by atoms with Gasteiger partial charge in [0.1, 0.15) is 0 Å². The van der Waals surface area contributed by atoms with Gasteiger partial charge >= 0.3 is 0 Å². The summed E-state index contributed by atoms with van der Waals surface area (Å²) in [7, 11) is 2.10. The lowest BCUT2D eigenvalue weighted by Crippen LogP contribution is -2.25. The van der Waals surface area contributed by atoms with Crippen LogP contribution in [0.15, 0.2) is 4.99 Å². The van der Waals surface area contributed by atoms with Crippen LogP contribution in [0.5, 0.6) is 0 Å². The Balaban J connectivity index is 3.69. The van der Waals surface area contributed by atoms with Gasteiger partial charge in [0.25, 0.3) is 0 Å². The number of amidine groups is 1. The Hall–Kier alpha value is -0.530. The molecule has 0 spiro atoms. The summed E-state index contributed by atoms with van der Waals surface area (Å²) in [5, 5.41) is 0. The summed E-state index contributed by atoms with van der Waals surface area (Å²) in [6, 6.07) is 0. The Morgan fingerprint density at radius 1 is 1.27 bits per heavy atom. The molecule has 0 aliphatic carbocycles. The minimum absolute atomic E-state index is 0.958. The highest BCUT2D eigenvalue weighted by Gasteiger charge is 1.96. The van der Waals surface area contributed by atoms with Gasteiger partial charge in [0, 0.05) is 20.1 Å². The van der Waals surface area contributed by atoms with Gasteiger partial charge in [-0.1, -0.05) is 13.8 Å². The van der Waals surface area contributed by atoms with Crippen LogP contribution < -0.4 is 0 Å². The van der Waals surface area contributed by atoms with E-state index in [0.29, 0.717) is 0 Å². The largest absolute Gasteiger partial charge is 0.364 e. The zero-order valence-corrected chi connectivity index (χ0v) is 8.22. The van der Waals surface area contributed by atoms with Crippen molar-refractivity contribution >= 4 is 5.84 Å². The molecule has 0 amide bonds. The molecule has 0 saturated heterocycles. The van der Waals surface area contributed by atoms with Crippen molar-refractivity contribution in [2.24, 2.45) is 4.99 Å². The average Bonchev–Trinajstić information content (AvgIpc) is 2.00. The number of nitrogens with zero attached hydrogens (tertiary/aromatic N) is 2. The Morgan fingerprint density at radius 2 is 1.91 bits per heavy atom. The fourth-order valence-corrected chi connectivity index (χ4v) is 0.892. The van der Waals surface area contributed by atoms with Crippen LogP contribution in [0.4, 0.5) is 0 Å². The maximum Gasteiger partial charge on any atom is 0.0954 e. The molecule has 2 nitrogen and oxygen atoms in total. The van der Waals surface area contributed by atoms with E-state index in [-0.39, 0.29) is 0 Å². The smallest absolute Gasteiger partial charge is 0.0954 e. The molecular weight excluding hydrogens is 136 g/mol. The molecule has 0 N–H and O–H groups in total. The van der Waals surface area contributed by atoms with Crippen molar-refractivity contribution in [1.82, 2.24) is 4.90 Å². The van der Waals surface area contributed by atoms with Crippen LogP contribution in [-0.4, -0.2) is 30.9 Å². The van der Waals surface area contributed by atoms with Crippen LogP contribution in [0.25, 0.3) is 0 Å². The molecule has 0 aliphatic heterocycles. The van der Waals surface area contributed by atoms with E-state index in [0.717, 1.165) is 25.3 Å². The van der Waals surface area contributed by atoms with E-state index in [9.17, 15) is 0 Å². The quantitative estimate of drug-likeness (QED) is 0.450. The SMILES string of the molecule is CCCN=C(C)N(C)CCC. The predicted molar refractivity (Wildman–Crippen MR) is 51.2 cm³/mol. The van der Waals surface area contributed by atoms with Crippen LogP contribution in [0.2, 0.25) is 0 Å². The van der Waals surface area contributed by atoms with E-state index in [2.05, 4.69) is 37.7 Å². The van der Waals surface area contributed by atoms with Crippen molar-refractivity contribution in [1.29, 1.82) is 0 Å². The first-order valence-electron chi connectivity index (χ1n) is 4.44. The van der Waals surface area contributed by atoms with Crippen LogP contribution in [0.3, 0.4) is 0 Å². The Morgan fingerprint density at radius 3 is 2.36 bits per heavy atom. The lowest BCUT2D eigenvalue weighted by Gasteiger charge is -2.17. The van der Waals surface area contributed by atoms with Gasteiger partial charge in [-0.3, -0.25) is 4.99 Å². The zero-order valence-electron chi connectivity index (χ0n) is 8.22. The van der Waals surface area contributed by atoms with Gasteiger partial charge in [-0.05, 0) is 19.8 Å². The van der Waals surface area contributed by atoms with Crippen molar-refractivity contribution in [3.8, 4) is 0 Å². The number of hydrogen-bond donors (Lipinski definition) is 0. The van der Waals surface area contributed by atoms with Gasteiger partial charge in [0.2, 0.25) is 0 Å². The molecule has 0 fully saturated rings. The molecule has 0 saturated carbocycles. The molecule has 0 aromatic carbocycles. The molecule has 0 atom stereocenters. The number of rotatable bonds is 4. The fraction of sp³-hybridized carbons (Fsp3) is 0.889. The molecule has 0 aromatic rings. The third-order valence-corrected chi connectivity index (χ3v) is 1.68. The van der Waals surface area contributed by atoms with E-state index >= 15 is 0 Å². The van der Waals surface area contributed by atoms with Gasteiger partial charge in [0.15, 0.2) is 0 Å². The highest BCUT2D eigenvalue weighted by atomic mass is 15.1. The Kier molecular flexibility index (Phi) is 5.90. The third kappa shape index (κ3) is 4.82. The normalized spacial score (nSPS) is 11.8. The first-order chi connectivity index (χ1) is 5.22. The van der Waals surface area contributed by atoms with Crippen molar-refractivity contribution in [3.63, 3.8) is 0 Å². The second kappa shape index (κ2) is 6.20. The van der Waals surface area contributed by atoms with Gasteiger partial charge in [-0.25, -0.2) is 0 Å². The first-order valence-corrected chi connectivity index (χ1v) is 4.44. The maximum atomic E-state index is 4.40. The molecule has 0 aliphatic rings. The third-order valence-electron chi connectivity index (χ3n) is 1.68. The second-order valence-corrected chi connectivity index (χ2v) is 2.85. The van der Waals surface area contributed by atoms with E-state index in [1.54, 1.807) is 0 Å². The van der Waals surface area contributed by atoms with Crippen LogP contribution in [0.1, 0.15) is 33.6 Å². The molecule has 0 unspecified atom stereocenters. The van der Waals surface area contributed by atoms with Crippen LogP contribution in [0, 0.1) is 0 Å². The molecule has 0 rings (SSSR count).